The van der Waals surface area contributed by atoms with Crippen LogP contribution in [0.3, 0.4) is 0 Å². The number of nitrogens with two attached hydrogens (primary N) is 1. The summed E-state index contributed by atoms with van der Waals surface area (Å²) in [5.41, 5.74) is 7.13. The molecule has 0 atom stereocenters. The van der Waals surface area contributed by atoms with Gasteiger partial charge in [0.1, 0.15) is 0 Å². The zero-order valence-electron chi connectivity index (χ0n) is 11.5. The van der Waals surface area contributed by atoms with Crippen molar-refractivity contribution in [3.63, 3.8) is 0 Å². The first-order valence-electron chi connectivity index (χ1n) is 6.37. The van der Waals surface area contributed by atoms with Crippen LogP contribution < -0.4 is 16.4 Å². The lowest BCUT2D eigenvalue weighted by Crippen LogP contribution is -2.28. The van der Waals surface area contributed by atoms with E-state index in [1.54, 1.807) is 0 Å². The van der Waals surface area contributed by atoms with Gasteiger partial charge in [-0.25, -0.2) is 0 Å². The number of aromatic nitrogens is 3. The Balaban J connectivity index is 1.74. The third-order valence-corrected chi connectivity index (χ3v) is 2.69. The van der Waals surface area contributed by atoms with Crippen LogP contribution in [0.2, 0.25) is 0 Å². The van der Waals surface area contributed by atoms with E-state index in [-0.39, 0.29) is 30.6 Å². The summed E-state index contributed by atoms with van der Waals surface area (Å²) in [5, 5.41) is 11.2. The van der Waals surface area contributed by atoms with Gasteiger partial charge in [-0.1, -0.05) is 17.7 Å². The number of aryl methyl sites for hydroxylation is 1. The third kappa shape index (κ3) is 4.30. The van der Waals surface area contributed by atoms with Gasteiger partial charge < -0.3 is 16.4 Å². The largest absolute Gasteiger partial charge is 0.366 e. The van der Waals surface area contributed by atoms with Gasteiger partial charge in [-0.05, 0) is 19.1 Å². The minimum atomic E-state index is -0.456. The summed E-state index contributed by atoms with van der Waals surface area (Å²) in [7, 11) is 0. The van der Waals surface area contributed by atoms with Crippen LogP contribution in [0.4, 0.5) is 11.6 Å². The van der Waals surface area contributed by atoms with Gasteiger partial charge in [-0.3, -0.25) is 14.7 Å². The summed E-state index contributed by atoms with van der Waals surface area (Å²) < 4.78 is 0. The number of nitrogens with zero attached hydrogens (tertiary/aromatic N) is 2. The van der Waals surface area contributed by atoms with Crippen LogP contribution >= 0.6 is 0 Å². The molecule has 1 heterocycles. The van der Waals surface area contributed by atoms with E-state index in [0.717, 1.165) is 11.3 Å². The summed E-state index contributed by atoms with van der Waals surface area (Å²) in [6, 6.07) is 7.46. The number of anilines is 2. The third-order valence-electron chi connectivity index (χ3n) is 2.69. The fraction of sp³-hybridized carbons (Fsp3) is 0.231. The number of aromatic amines is 1. The molecule has 0 saturated carbocycles. The number of amides is 2. The molecule has 0 aliphatic carbocycles. The smallest absolute Gasteiger partial charge is 0.288 e. The molecule has 0 saturated heterocycles. The van der Waals surface area contributed by atoms with Gasteiger partial charge in [0, 0.05) is 18.7 Å². The summed E-state index contributed by atoms with van der Waals surface area (Å²) in [5.74, 6) is -0.623. The number of benzene rings is 1. The van der Waals surface area contributed by atoms with E-state index in [2.05, 4.69) is 25.8 Å². The molecule has 0 fully saturated rings. The molecule has 1 aromatic carbocycles. The lowest BCUT2D eigenvalue weighted by molar-refractivity contribution is -0.116. The maximum atomic E-state index is 11.7. The van der Waals surface area contributed by atoms with Crippen LogP contribution in [-0.4, -0.2) is 33.5 Å². The number of nitrogens with one attached hydrogen (secondary N) is 3. The Morgan fingerprint density at radius 3 is 2.62 bits per heavy atom. The van der Waals surface area contributed by atoms with Crippen molar-refractivity contribution in [1.29, 1.82) is 0 Å². The van der Waals surface area contributed by atoms with Crippen molar-refractivity contribution in [3.05, 3.63) is 35.7 Å². The van der Waals surface area contributed by atoms with Crippen molar-refractivity contribution in [2.75, 3.05) is 17.6 Å². The summed E-state index contributed by atoms with van der Waals surface area (Å²) in [6.45, 7) is 2.16. The Bertz CT molecular complexity index is 634. The predicted molar refractivity (Wildman–Crippen MR) is 77.6 cm³/mol. The van der Waals surface area contributed by atoms with E-state index in [4.69, 9.17) is 5.73 Å². The van der Waals surface area contributed by atoms with Crippen LogP contribution in [0.25, 0.3) is 0 Å². The van der Waals surface area contributed by atoms with Gasteiger partial charge in [0.2, 0.25) is 17.7 Å². The molecule has 0 aliphatic heterocycles. The first-order chi connectivity index (χ1) is 10.0. The van der Waals surface area contributed by atoms with Crippen molar-refractivity contribution in [3.8, 4) is 0 Å². The van der Waals surface area contributed by atoms with E-state index >= 15 is 0 Å². The molecule has 2 amide bonds. The first kappa shape index (κ1) is 14.5. The number of rotatable bonds is 5. The average Bonchev–Trinajstić information content (AvgIpc) is 2.88. The first-order valence-corrected chi connectivity index (χ1v) is 6.37. The Kier molecular flexibility index (Phi) is 4.50. The maximum Gasteiger partial charge on any atom is 0.288 e. The molecule has 2 rings (SSSR count). The fourth-order valence-corrected chi connectivity index (χ4v) is 1.61. The van der Waals surface area contributed by atoms with E-state index in [1.165, 1.54) is 0 Å². The lowest BCUT2D eigenvalue weighted by Gasteiger charge is -2.06. The van der Waals surface area contributed by atoms with Crippen molar-refractivity contribution in [2.24, 2.45) is 0 Å². The van der Waals surface area contributed by atoms with Crippen LogP contribution in [0.5, 0.6) is 0 Å². The molecular weight excluding hydrogens is 272 g/mol. The zero-order chi connectivity index (χ0) is 15.2. The maximum absolute atomic E-state index is 11.7. The molecule has 110 valence electrons. The lowest BCUT2D eigenvalue weighted by atomic mass is 10.2. The number of carbonyl (C=O) groups excluding carboxylic acids is 2. The SMILES string of the molecule is Cc1ccc(NC(=O)CCNC(=O)c2nc(N)n[nH]2)cc1. The highest BCUT2D eigenvalue weighted by Gasteiger charge is 2.10. The predicted octanol–water partition coefficient (Wildman–Crippen LogP) is 0.454. The Morgan fingerprint density at radius 1 is 1.29 bits per heavy atom. The molecule has 0 unspecified atom stereocenters. The van der Waals surface area contributed by atoms with Crippen molar-refractivity contribution in [1.82, 2.24) is 20.5 Å². The van der Waals surface area contributed by atoms with Gasteiger partial charge in [0.15, 0.2) is 0 Å². The Morgan fingerprint density at radius 2 is 2.00 bits per heavy atom. The Hall–Kier alpha value is -2.90. The molecule has 21 heavy (non-hydrogen) atoms. The highest BCUT2D eigenvalue weighted by molar-refractivity contribution is 5.93. The highest BCUT2D eigenvalue weighted by Crippen LogP contribution is 2.08. The number of nitrogen functional groups attached to an aromatic ring is 1. The second kappa shape index (κ2) is 6.51. The molecule has 0 radical (unpaired) electrons. The second-order valence-electron chi connectivity index (χ2n) is 4.46. The van der Waals surface area contributed by atoms with Gasteiger partial charge in [-0.15, -0.1) is 5.10 Å². The highest BCUT2D eigenvalue weighted by atomic mass is 16.2. The number of hydrogen-bond acceptors (Lipinski definition) is 5. The summed E-state index contributed by atoms with van der Waals surface area (Å²) in [6.07, 6.45) is 0.156. The number of carbonyl (C=O) groups is 2. The minimum absolute atomic E-state index is 0.00253. The van der Waals surface area contributed by atoms with Gasteiger partial charge in [0.05, 0.1) is 0 Å². The monoisotopic (exact) mass is 288 g/mol. The van der Waals surface area contributed by atoms with Gasteiger partial charge >= 0.3 is 0 Å². The molecule has 2 aromatic rings. The van der Waals surface area contributed by atoms with Gasteiger partial charge in [-0.2, -0.15) is 4.98 Å². The average molecular weight is 288 g/mol. The number of hydrogen-bond donors (Lipinski definition) is 4. The molecule has 1 aromatic heterocycles. The standard InChI is InChI=1S/C13H16N6O2/c1-8-2-4-9(5-3-8)16-10(20)6-7-15-12(21)11-17-13(14)19-18-11/h2-5H,6-7H2,1H3,(H,15,21)(H,16,20)(H3,14,17,18,19). The van der Waals surface area contributed by atoms with E-state index in [9.17, 15) is 9.59 Å². The van der Waals surface area contributed by atoms with Gasteiger partial charge in [0.25, 0.3) is 5.91 Å². The van der Waals surface area contributed by atoms with Crippen molar-refractivity contribution >= 4 is 23.5 Å². The Labute approximate surface area is 121 Å². The normalized spacial score (nSPS) is 10.1. The molecule has 0 aliphatic rings. The van der Waals surface area contributed by atoms with Crippen LogP contribution in [0.1, 0.15) is 22.6 Å². The zero-order valence-corrected chi connectivity index (χ0v) is 11.5. The van der Waals surface area contributed by atoms with Crippen LogP contribution in [-0.2, 0) is 4.79 Å². The van der Waals surface area contributed by atoms with E-state index < -0.39 is 5.91 Å². The quantitative estimate of drug-likeness (QED) is 0.635. The van der Waals surface area contributed by atoms with Crippen molar-refractivity contribution < 1.29 is 9.59 Å². The molecule has 8 heteroatoms. The minimum Gasteiger partial charge on any atom is -0.366 e. The van der Waals surface area contributed by atoms with Crippen LogP contribution in [0.15, 0.2) is 24.3 Å². The summed E-state index contributed by atoms with van der Waals surface area (Å²) in [4.78, 5) is 27.0. The summed E-state index contributed by atoms with van der Waals surface area (Å²) >= 11 is 0. The molecule has 0 spiro atoms. The molecule has 0 bridgehead atoms. The van der Waals surface area contributed by atoms with Crippen LogP contribution in [0, 0.1) is 6.92 Å². The fourth-order valence-electron chi connectivity index (χ4n) is 1.61. The van der Waals surface area contributed by atoms with E-state index in [0.29, 0.717) is 0 Å². The molecule has 5 N–H and O–H groups in total. The molecule has 8 nitrogen and oxygen atoms in total. The van der Waals surface area contributed by atoms with Crippen molar-refractivity contribution in [2.45, 2.75) is 13.3 Å². The topological polar surface area (TPSA) is 126 Å². The number of H-pyrrole nitrogens is 1. The molecular formula is C13H16N6O2. The second-order valence-corrected chi connectivity index (χ2v) is 4.46. The van der Waals surface area contributed by atoms with E-state index in [1.807, 2.05) is 31.2 Å².